The zero-order chi connectivity index (χ0) is 17.4. The highest BCUT2D eigenvalue weighted by molar-refractivity contribution is 7.25. The lowest BCUT2D eigenvalue weighted by Crippen LogP contribution is -2.30. The molecular weight excluding hydrogens is 328 g/mol. The fourth-order valence-electron chi connectivity index (χ4n) is 3.61. The van der Waals surface area contributed by atoms with Crippen LogP contribution in [-0.4, -0.2) is 29.4 Å². The summed E-state index contributed by atoms with van der Waals surface area (Å²) >= 11 is 1.79. The Kier molecular flexibility index (Phi) is 4.26. The highest BCUT2D eigenvalue weighted by Gasteiger charge is 2.25. The zero-order valence-corrected chi connectivity index (χ0v) is 15.6. The average molecular weight is 353 g/mol. The number of hydrogen-bond acceptors (Lipinski definition) is 3. The van der Waals surface area contributed by atoms with Crippen molar-refractivity contribution < 1.29 is 5.11 Å². The van der Waals surface area contributed by atoms with Crippen molar-refractivity contribution in [2.75, 3.05) is 13.6 Å². The van der Waals surface area contributed by atoms with Crippen molar-refractivity contribution in [1.82, 2.24) is 4.90 Å². The van der Waals surface area contributed by atoms with Crippen LogP contribution >= 0.6 is 11.3 Å². The van der Waals surface area contributed by atoms with Crippen LogP contribution in [0.15, 0.2) is 47.5 Å². The fraction of sp³-hybridized carbons (Fsp3) is 0.381. The lowest BCUT2D eigenvalue weighted by atomic mass is 10.0. The van der Waals surface area contributed by atoms with E-state index in [-0.39, 0.29) is 0 Å². The van der Waals surface area contributed by atoms with Crippen molar-refractivity contribution in [1.29, 1.82) is 0 Å². The molecule has 2 heterocycles. The summed E-state index contributed by atoms with van der Waals surface area (Å²) < 4.78 is 2.53. The molecule has 1 aliphatic rings. The van der Waals surface area contributed by atoms with Gasteiger partial charge in [0.25, 0.3) is 0 Å². The molecule has 3 aromatic rings. The Morgan fingerprint density at radius 1 is 1.04 bits per heavy atom. The molecule has 4 heteroatoms. The van der Waals surface area contributed by atoms with E-state index in [0.717, 1.165) is 30.8 Å². The van der Waals surface area contributed by atoms with Crippen LogP contribution in [0.2, 0.25) is 0 Å². The lowest BCUT2D eigenvalue weighted by molar-refractivity contribution is 0.0661. The standard InChI is InChI=1S/C21H24N2OS/c1-21(24,22-20-10-4-3-7-13-23(20)2)15-11-12-19-17(14-15)16-8-5-6-9-18(16)25-19/h5-6,8-9,11-12,14,24H,3-4,7,10,13H2,1-2H3. The molecule has 1 fully saturated rings. The first-order valence-electron chi connectivity index (χ1n) is 8.99. The second-order valence-electron chi connectivity index (χ2n) is 7.09. The van der Waals surface area contributed by atoms with Gasteiger partial charge >= 0.3 is 0 Å². The molecule has 130 valence electrons. The topological polar surface area (TPSA) is 35.8 Å². The predicted molar refractivity (Wildman–Crippen MR) is 107 cm³/mol. The minimum atomic E-state index is -1.20. The molecule has 0 saturated carbocycles. The number of amidine groups is 1. The van der Waals surface area contributed by atoms with E-state index >= 15 is 0 Å². The van der Waals surface area contributed by atoms with Gasteiger partial charge in [-0.1, -0.05) is 30.7 Å². The van der Waals surface area contributed by atoms with E-state index in [1.807, 2.05) is 6.07 Å². The van der Waals surface area contributed by atoms with E-state index in [4.69, 9.17) is 4.99 Å². The number of thiophene rings is 1. The normalized spacial score (nSPS) is 20.1. The smallest absolute Gasteiger partial charge is 0.181 e. The minimum Gasteiger partial charge on any atom is -0.366 e. The van der Waals surface area contributed by atoms with Crippen LogP contribution in [0.25, 0.3) is 20.2 Å². The Balaban J connectivity index is 1.77. The summed E-state index contributed by atoms with van der Waals surface area (Å²) in [5.74, 6) is 1.01. The maximum Gasteiger partial charge on any atom is 0.181 e. The third-order valence-electron chi connectivity index (χ3n) is 5.10. The van der Waals surface area contributed by atoms with Gasteiger partial charge in [-0.05, 0) is 38.0 Å². The molecule has 0 amide bonds. The molecule has 0 spiro atoms. The molecule has 1 saturated heterocycles. The van der Waals surface area contributed by atoms with Gasteiger partial charge in [-0.15, -0.1) is 11.3 Å². The Morgan fingerprint density at radius 3 is 2.72 bits per heavy atom. The van der Waals surface area contributed by atoms with Gasteiger partial charge in [-0.3, -0.25) is 0 Å². The van der Waals surface area contributed by atoms with E-state index in [1.54, 1.807) is 18.3 Å². The number of rotatable bonds is 2. The SMILES string of the molecule is CN1CCCCCC1=NC(C)(O)c1ccc2sc3ccccc3c2c1. The molecule has 3 nitrogen and oxygen atoms in total. The summed E-state index contributed by atoms with van der Waals surface area (Å²) in [6, 6.07) is 14.7. The molecule has 0 aliphatic carbocycles. The van der Waals surface area contributed by atoms with Crippen LogP contribution in [0, 0.1) is 0 Å². The number of hydrogen-bond donors (Lipinski definition) is 1. The van der Waals surface area contributed by atoms with E-state index in [0.29, 0.717) is 0 Å². The van der Waals surface area contributed by atoms with Gasteiger partial charge in [-0.25, -0.2) is 4.99 Å². The number of aliphatic hydroxyl groups is 1. The average Bonchev–Trinajstić information content (AvgIpc) is 2.86. The van der Waals surface area contributed by atoms with Gasteiger partial charge in [0.1, 0.15) is 5.84 Å². The van der Waals surface area contributed by atoms with Crippen molar-refractivity contribution in [2.24, 2.45) is 4.99 Å². The van der Waals surface area contributed by atoms with E-state index in [9.17, 15) is 5.11 Å². The van der Waals surface area contributed by atoms with E-state index < -0.39 is 5.72 Å². The summed E-state index contributed by atoms with van der Waals surface area (Å²) in [5.41, 5.74) is -0.348. The number of fused-ring (bicyclic) bond motifs is 3. The van der Waals surface area contributed by atoms with Gasteiger partial charge in [0.15, 0.2) is 5.72 Å². The quantitative estimate of drug-likeness (QED) is 0.694. The van der Waals surface area contributed by atoms with Crippen LogP contribution in [-0.2, 0) is 5.72 Å². The number of benzene rings is 2. The Morgan fingerprint density at radius 2 is 1.84 bits per heavy atom. The maximum absolute atomic E-state index is 11.1. The highest BCUT2D eigenvalue weighted by atomic mass is 32.1. The van der Waals surface area contributed by atoms with Gasteiger partial charge in [-0.2, -0.15) is 0 Å². The van der Waals surface area contributed by atoms with Crippen LogP contribution in [0.1, 0.15) is 38.2 Å². The van der Waals surface area contributed by atoms with Crippen molar-refractivity contribution in [3.05, 3.63) is 48.0 Å². The third kappa shape index (κ3) is 3.16. The number of likely N-dealkylation sites (tertiary alicyclic amines) is 1. The molecule has 25 heavy (non-hydrogen) atoms. The first-order chi connectivity index (χ1) is 12.0. The minimum absolute atomic E-state index is 0.855. The molecule has 1 aliphatic heterocycles. The highest BCUT2D eigenvalue weighted by Crippen LogP contribution is 2.36. The van der Waals surface area contributed by atoms with Gasteiger partial charge in [0.2, 0.25) is 0 Å². The molecule has 0 radical (unpaired) electrons. The summed E-state index contributed by atoms with van der Waals surface area (Å²) in [6.45, 7) is 2.82. The third-order valence-corrected chi connectivity index (χ3v) is 6.26. The molecule has 1 N–H and O–H groups in total. The van der Waals surface area contributed by atoms with Crippen molar-refractivity contribution >= 4 is 37.3 Å². The number of nitrogens with zero attached hydrogens (tertiary/aromatic N) is 2. The molecule has 1 aromatic heterocycles. The molecule has 4 rings (SSSR count). The van der Waals surface area contributed by atoms with E-state index in [1.165, 1.54) is 33.0 Å². The molecular formula is C21H24N2OS. The summed E-state index contributed by atoms with van der Waals surface area (Å²) in [6.07, 6.45) is 4.52. The van der Waals surface area contributed by atoms with Gasteiger partial charge in [0.05, 0.1) is 0 Å². The zero-order valence-electron chi connectivity index (χ0n) is 14.8. The molecule has 0 bridgehead atoms. The number of aliphatic imine (C=N–C) groups is 1. The van der Waals surface area contributed by atoms with Gasteiger partial charge < -0.3 is 10.0 Å². The first-order valence-corrected chi connectivity index (χ1v) is 9.80. The Hall–Kier alpha value is -1.91. The first kappa shape index (κ1) is 16.6. The fourth-order valence-corrected chi connectivity index (χ4v) is 4.69. The summed E-state index contributed by atoms with van der Waals surface area (Å²) in [5, 5.41) is 13.6. The monoisotopic (exact) mass is 352 g/mol. The Labute approximate surface area is 152 Å². The van der Waals surface area contributed by atoms with Crippen molar-refractivity contribution in [3.8, 4) is 0 Å². The predicted octanol–water partition coefficient (Wildman–Crippen LogP) is 5.12. The maximum atomic E-state index is 11.1. The molecule has 2 aromatic carbocycles. The summed E-state index contributed by atoms with van der Waals surface area (Å²) in [4.78, 5) is 6.95. The molecule has 1 atom stereocenters. The van der Waals surface area contributed by atoms with Crippen LogP contribution in [0.5, 0.6) is 0 Å². The van der Waals surface area contributed by atoms with Crippen LogP contribution in [0.3, 0.4) is 0 Å². The summed E-state index contributed by atoms with van der Waals surface area (Å²) in [7, 11) is 2.08. The second kappa shape index (κ2) is 6.43. The Bertz CT molecular complexity index is 941. The largest absolute Gasteiger partial charge is 0.366 e. The van der Waals surface area contributed by atoms with E-state index in [2.05, 4.69) is 48.3 Å². The van der Waals surface area contributed by atoms with Crippen molar-refractivity contribution in [3.63, 3.8) is 0 Å². The lowest BCUT2D eigenvalue weighted by Gasteiger charge is -2.25. The van der Waals surface area contributed by atoms with Crippen LogP contribution in [0.4, 0.5) is 0 Å². The molecule has 1 unspecified atom stereocenters. The van der Waals surface area contributed by atoms with Gasteiger partial charge in [0, 0.05) is 45.7 Å². The van der Waals surface area contributed by atoms with Crippen LogP contribution < -0.4 is 0 Å². The van der Waals surface area contributed by atoms with Crippen molar-refractivity contribution in [2.45, 2.75) is 38.3 Å². The second-order valence-corrected chi connectivity index (χ2v) is 8.17.